The molecule has 1 aromatic heterocycles. The zero-order valence-corrected chi connectivity index (χ0v) is 18.1. The number of carbonyl (C=O) groups is 1. The zero-order valence-electron chi connectivity index (χ0n) is 16.4. The van der Waals surface area contributed by atoms with Crippen LogP contribution in [0.5, 0.6) is 0 Å². The largest absolute Gasteiger partial charge is 0.460 e. The van der Waals surface area contributed by atoms with Gasteiger partial charge >= 0.3 is 5.97 Å². The summed E-state index contributed by atoms with van der Waals surface area (Å²) < 4.78 is 10.5. The van der Waals surface area contributed by atoms with Crippen LogP contribution < -0.4 is 10.2 Å². The fourth-order valence-corrected chi connectivity index (χ4v) is 4.51. The highest BCUT2D eigenvalue weighted by molar-refractivity contribution is 7.80. The molecule has 1 N–H and O–H groups in total. The standard InChI is InChI=1S/C21H24N2O3S2/c1-13-10-14(2)12-16(11-13)23-15(3)18(20(24)26-8-7-25-4)19(22-21(23)27)17-6-5-9-28-17/h5-6,9-12,19H,7-8H2,1-4H3,(H,22,27)/t19-/m1/s1. The van der Waals surface area contributed by atoms with E-state index >= 15 is 0 Å². The first-order chi connectivity index (χ1) is 13.4. The van der Waals surface area contributed by atoms with Gasteiger partial charge in [0.2, 0.25) is 0 Å². The second-order valence-corrected chi connectivity index (χ2v) is 8.07. The van der Waals surface area contributed by atoms with Crippen LogP contribution in [0.3, 0.4) is 0 Å². The van der Waals surface area contributed by atoms with E-state index in [1.54, 1.807) is 18.4 Å². The average molecular weight is 417 g/mol. The van der Waals surface area contributed by atoms with Crippen molar-refractivity contribution < 1.29 is 14.3 Å². The molecule has 0 spiro atoms. The number of allylic oxidation sites excluding steroid dienone is 1. The molecule has 3 rings (SSSR count). The third-order valence-electron chi connectivity index (χ3n) is 4.52. The molecule has 1 aliphatic rings. The van der Waals surface area contributed by atoms with Gasteiger partial charge in [0.25, 0.3) is 0 Å². The van der Waals surface area contributed by atoms with Gasteiger partial charge in [0.1, 0.15) is 6.61 Å². The molecule has 5 nitrogen and oxygen atoms in total. The zero-order chi connectivity index (χ0) is 20.3. The van der Waals surface area contributed by atoms with Crippen LogP contribution in [0, 0.1) is 13.8 Å². The second kappa shape index (κ2) is 8.86. The van der Waals surface area contributed by atoms with Gasteiger partial charge in [-0.15, -0.1) is 11.3 Å². The summed E-state index contributed by atoms with van der Waals surface area (Å²) in [5.74, 6) is -0.364. The average Bonchev–Trinajstić information content (AvgIpc) is 3.15. The van der Waals surface area contributed by atoms with Crippen molar-refractivity contribution in [1.29, 1.82) is 0 Å². The Kier molecular flexibility index (Phi) is 6.49. The fourth-order valence-electron chi connectivity index (χ4n) is 3.36. The van der Waals surface area contributed by atoms with E-state index in [-0.39, 0.29) is 18.6 Å². The molecule has 0 saturated carbocycles. The molecule has 0 saturated heterocycles. The summed E-state index contributed by atoms with van der Waals surface area (Å²) in [6.07, 6.45) is 0. The molecule has 0 amide bonds. The summed E-state index contributed by atoms with van der Waals surface area (Å²) in [5, 5.41) is 5.89. The Bertz CT molecular complexity index is 886. The third-order valence-corrected chi connectivity index (χ3v) is 5.76. The van der Waals surface area contributed by atoms with Gasteiger partial charge < -0.3 is 14.8 Å². The molecular weight excluding hydrogens is 392 g/mol. The number of hydrogen-bond donors (Lipinski definition) is 1. The van der Waals surface area contributed by atoms with Gasteiger partial charge in [-0.1, -0.05) is 12.1 Å². The molecule has 148 valence electrons. The van der Waals surface area contributed by atoms with E-state index in [0.29, 0.717) is 17.3 Å². The number of aryl methyl sites for hydroxylation is 2. The summed E-state index contributed by atoms with van der Waals surface area (Å²) in [5.41, 5.74) is 4.53. The number of nitrogens with zero attached hydrogens (tertiary/aromatic N) is 1. The van der Waals surface area contributed by atoms with Gasteiger partial charge in [-0.25, -0.2) is 4.79 Å². The Labute approximate surface area is 175 Å². The van der Waals surface area contributed by atoms with Crippen molar-refractivity contribution in [2.75, 3.05) is 25.2 Å². The van der Waals surface area contributed by atoms with Gasteiger partial charge in [-0.3, -0.25) is 4.90 Å². The van der Waals surface area contributed by atoms with Crippen LogP contribution in [-0.2, 0) is 14.3 Å². The van der Waals surface area contributed by atoms with Gasteiger partial charge in [0.05, 0.1) is 18.2 Å². The predicted molar refractivity (Wildman–Crippen MR) is 117 cm³/mol. The fraction of sp³-hybridized carbons (Fsp3) is 0.333. The number of thiocarbonyl (C=S) groups is 1. The first-order valence-corrected chi connectivity index (χ1v) is 10.3. The van der Waals surface area contributed by atoms with Crippen LogP contribution >= 0.6 is 23.6 Å². The highest BCUT2D eigenvalue weighted by Gasteiger charge is 2.36. The number of hydrogen-bond acceptors (Lipinski definition) is 5. The maximum Gasteiger partial charge on any atom is 0.338 e. The molecule has 28 heavy (non-hydrogen) atoms. The summed E-state index contributed by atoms with van der Waals surface area (Å²) in [7, 11) is 1.58. The SMILES string of the molecule is COCCOC(=O)C1=C(C)N(c2cc(C)cc(C)c2)C(=S)N[C@@H]1c1cccs1. The lowest BCUT2D eigenvalue weighted by atomic mass is 9.99. The highest BCUT2D eigenvalue weighted by Crippen LogP contribution is 2.36. The van der Waals surface area contributed by atoms with Gasteiger partial charge in [-0.2, -0.15) is 0 Å². The molecule has 1 aromatic carbocycles. The van der Waals surface area contributed by atoms with Crippen molar-refractivity contribution in [2.45, 2.75) is 26.8 Å². The molecule has 0 radical (unpaired) electrons. The van der Waals surface area contributed by atoms with Crippen molar-refractivity contribution in [3.8, 4) is 0 Å². The number of rotatable bonds is 6. The molecule has 0 fully saturated rings. The summed E-state index contributed by atoms with van der Waals surface area (Å²) >= 11 is 7.26. The number of ether oxygens (including phenoxy) is 2. The minimum absolute atomic E-state index is 0.206. The van der Waals surface area contributed by atoms with E-state index < -0.39 is 0 Å². The lowest BCUT2D eigenvalue weighted by Crippen LogP contribution is -2.48. The second-order valence-electron chi connectivity index (χ2n) is 6.71. The number of esters is 1. The van der Waals surface area contributed by atoms with Crippen molar-refractivity contribution in [2.24, 2.45) is 0 Å². The molecule has 0 unspecified atom stereocenters. The summed E-state index contributed by atoms with van der Waals surface area (Å²) in [4.78, 5) is 15.9. The third kappa shape index (κ3) is 4.27. The monoisotopic (exact) mass is 416 g/mol. The van der Waals surface area contributed by atoms with Crippen molar-refractivity contribution in [3.63, 3.8) is 0 Å². The molecule has 0 bridgehead atoms. The first kappa shape index (κ1) is 20.5. The minimum Gasteiger partial charge on any atom is -0.460 e. The van der Waals surface area contributed by atoms with Crippen molar-refractivity contribution >= 4 is 40.3 Å². The summed E-state index contributed by atoms with van der Waals surface area (Å²) in [6.45, 7) is 6.57. The maximum atomic E-state index is 13.0. The number of thiophene rings is 1. The Hall–Kier alpha value is -2.22. The van der Waals surface area contributed by atoms with Crippen LogP contribution in [-0.4, -0.2) is 31.4 Å². The van der Waals surface area contributed by atoms with Crippen molar-refractivity contribution in [3.05, 3.63) is 63.0 Å². The van der Waals surface area contributed by atoms with E-state index in [4.69, 9.17) is 21.7 Å². The van der Waals surface area contributed by atoms with E-state index in [1.165, 1.54) is 0 Å². The molecule has 7 heteroatoms. The first-order valence-electron chi connectivity index (χ1n) is 9.01. The minimum atomic E-state index is -0.364. The Balaban J connectivity index is 2.06. The quantitative estimate of drug-likeness (QED) is 0.431. The number of nitrogens with one attached hydrogen (secondary N) is 1. The van der Waals surface area contributed by atoms with E-state index in [0.717, 1.165) is 27.4 Å². The summed E-state index contributed by atoms with van der Waals surface area (Å²) in [6, 6.07) is 9.85. The smallest absolute Gasteiger partial charge is 0.338 e. The Morgan fingerprint density at radius 2 is 1.93 bits per heavy atom. The van der Waals surface area contributed by atoms with Gasteiger partial charge in [0.15, 0.2) is 5.11 Å². The lowest BCUT2D eigenvalue weighted by Gasteiger charge is -2.37. The molecule has 0 aliphatic carbocycles. The van der Waals surface area contributed by atoms with Crippen LogP contribution in [0.15, 0.2) is 47.0 Å². The lowest BCUT2D eigenvalue weighted by molar-refractivity contribution is -0.140. The highest BCUT2D eigenvalue weighted by atomic mass is 32.1. The number of benzene rings is 1. The van der Waals surface area contributed by atoms with Crippen LogP contribution in [0.1, 0.15) is 29.0 Å². The molecule has 1 aliphatic heterocycles. The van der Waals surface area contributed by atoms with Crippen LogP contribution in [0.2, 0.25) is 0 Å². The molecule has 1 atom stereocenters. The molecular formula is C21H24N2O3S2. The predicted octanol–water partition coefficient (Wildman–Crippen LogP) is 4.26. The van der Waals surface area contributed by atoms with Gasteiger partial charge in [-0.05, 0) is 67.7 Å². The van der Waals surface area contributed by atoms with E-state index in [9.17, 15) is 4.79 Å². The number of carbonyl (C=O) groups excluding carboxylic acids is 1. The maximum absolute atomic E-state index is 13.0. The van der Waals surface area contributed by atoms with E-state index in [2.05, 4.69) is 23.5 Å². The van der Waals surface area contributed by atoms with Crippen molar-refractivity contribution in [1.82, 2.24) is 5.32 Å². The number of anilines is 1. The molecule has 2 heterocycles. The van der Waals surface area contributed by atoms with Crippen LogP contribution in [0.25, 0.3) is 0 Å². The van der Waals surface area contributed by atoms with Crippen LogP contribution in [0.4, 0.5) is 5.69 Å². The Morgan fingerprint density at radius 1 is 1.21 bits per heavy atom. The topological polar surface area (TPSA) is 50.8 Å². The number of methoxy groups -OCH3 is 1. The van der Waals surface area contributed by atoms with E-state index in [1.807, 2.05) is 43.2 Å². The molecule has 2 aromatic rings. The van der Waals surface area contributed by atoms with Gasteiger partial charge in [0, 0.05) is 23.4 Å². The normalized spacial score (nSPS) is 16.9. The Morgan fingerprint density at radius 3 is 2.54 bits per heavy atom.